The number of hydrogen-bond acceptors (Lipinski definition) is 4. The van der Waals surface area contributed by atoms with Gasteiger partial charge in [-0.1, -0.05) is 12.1 Å². The lowest BCUT2D eigenvalue weighted by Gasteiger charge is -2.27. The number of rotatable bonds is 10. The van der Waals surface area contributed by atoms with Crippen molar-refractivity contribution in [2.75, 3.05) is 33.4 Å². The molecule has 0 saturated heterocycles. The zero-order chi connectivity index (χ0) is 21.2. The van der Waals surface area contributed by atoms with Crippen LogP contribution in [0.4, 0.5) is 9.18 Å². The molecule has 6 nitrogen and oxygen atoms in total. The van der Waals surface area contributed by atoms with Crippen molar-refractivity contribution in [2.24, 2.45) is 0 Å². The largest absolute Gasteiger partial charge is 0.383 e. The third-order valence-electron chi connectivity index (χ3n) is 4.29. The number of halogens is 1. The molecular weight excluding hydrogens is 393 g/mol. The van der Waals surface area contributed by atoms with Crippen LogP contribution in [0.1, 0.15) is 22.2 Å². The summed E-state index contributed by atoms with van der Waals surface area (Å²) < 4.78 is 18.3. The third kappa shape index (κ3) is 7.47. The number of nitrogens with one attached hydrogen (secondary N) is 1. The fourth-order valence-electron chi connectivity index (χ4n) is 2.78. The number of amides is 3. The molecule has 2 aromatic rings. The number of carbonyl (C=O) groups is 2. The molecule has 0 spiro atoms. The van der Waals surface area contributed by atoms with Crippen molar-refractivity contribution in [1.82, 2.24) is 15.1 Å². The number of urea groups is 1. The number of nitrogens with zero attached hydrogens (tertiary/aromatic N) is 2. The van der Waals surface area contributed by atoms with E-state index in [2.05, 4.69) is 5.32 Å². The summed E-state index contributed by atoms with van der Waals surface area (Å²) in [5, 5.41) is 2.73. The van der Waals surface area contributed by atoms with E-state index in [9.17, 15) is 14.0 Å². The minimum atomic E-state index is -0.317. The average Bonchev–Trinajstić information content (AvgIpc) is 3.11. The van der Waals surface area contributed by atoms with E-state index in [0.717, 1.165) is 10.4 Å². The lowest BCUT2D eigenvalue weighted by molar-refractivity contribution is -0.133. The van der Waals surface area contributed by atoms with Gasteiger partial charge in [-0.15, -0.1) is 11.3 Å². The second-order valence-electron chi connectivity index (χ2n) is 6.64. The molecule has 1 aromatic carbocycles. The van der Waals surface area contributed by atoms with E-state index in [0.29, 0.717) is 32.8 Å². The highest BCUT2D eigenvalue weighted by molar-refractivity contribution is 7.11. The van der Waals surface area contributed by atoms with E-state index in [1.807, 2.05) is 26.0 Å². The van der Waals surface area contributed by atoms with Gasteiger partial charge in [-0.25, -0.2) is 9.18 Å². The molecule has 0 aliphatic heterocycles. The van der Waals surface area contributed by atoms with Gasteiger partial charge >= 0.3 is 6.03 Å². The lowest BCUT2D eigenvalue weighted by atomic mass is 10.2. The van der Waals surface area contributed by atoms with Gasteiger partial charge < -0.3 is 19.9 Å². The van der Waals surface area contributed by atoms with Crippen LogP contribution in [-0.2, 0) is 22.6 Å². The average molecular weight is 422 g/mol. The van der Waals surface area contributed by atoms with Gasteiger partial charge in [0.1, 0.15) is 12.4 Å². The summed E-state index contributed by atoms with van der Waals surface area (Å²) in [5.41, 5.74) is 0.828. The van der Waals surface area contributed by atoms with Gasteiger partial charge in [0.05, 0.1) is 13.2 Å². The summed E-state index contributed by atoms with van der Waals surface area (Å²) in [4.78, 5) is 30.8. The molecule has 2 rings (SSSR count). The van der Waals surface area contributed by atoms with Crippen LogP contribution >= 0.6 is 11.3 Å². The van der Waals surface area contributed by atoms with Crippen LogP contribution in [-0.4, -0.2) is 55.1 Å². The Hall–Kier alpha value is -2.45. The molecule has 158 valence electrons. The number of thiophene rings is 1. The third-order valence-corrected chi connectivity index (χ3v) is 5.27. The van der Waals surface area contributed by atoms with E-state index >= 15 is 0 Å². The van der Waals surface area contributed by atoms with Gasteiger partial charge in [0.25, 0.3) is 0 Å². The standard InChI is InChI=1S/C21H28FN3O3S/c1-4-23-21(27)24(11-12-28-3)15-20(26)25(14-19-10-5-16(2)29-19)13-17-6-8-18(22)9-7-17/h5-10H,4,11-15H2,1-3H3,(H,23,27). The van der Waals surface area contributed by atoms with E-state index in [1.165, 1.54) is 21.9 Å². The smallest absolute Gasteiger partial charge is 0.317 e. The minimum Gasteiger partial charge on any atom is -0.383 e. The second kappa shape index (κ2) is 11.5. The second-order valence-corrected chi connectivity index (χ2v) is 8.01. The van der Waals surface area contributed by atoms with E-state index < -0.39 is 0 Å². The molecule has 0 aliphatic carbocycles. The number of hydrogen-bond donors (Lipinski definition) is 1. The quantitative estimate of drug-likeness (QED) is 0.640. The number of methoxy groups -OCH3 is 1. The SMILES string of the molecule is CCNC(=O)N(CCOC)CC(=O)N(Cc1ccc(F)cc1)Cc1ccc(C)s1. The van der Waals surface area contributed by atoms with Crippen molar-refractivity contribution in [3.63, 3.8) is 0 Å². The predicted molar refractivity (Wildman–Crippen MR) is 112 cm³/mol. The van der Waals surface area contributed by atoms with Gasteiger partial charge in [-0.05, 0) is 43.7 Å². The maximum absolute atomic E-state index is 13.2. The summed E-state index contributed by atoms with van der Waals surface area (Å²) in [5.74, 6) is -0.495. The van der Waals surface area contributed by atoms with E-state index in [4.69, 9.17) is 4.74 Å². The van der Waals surface area contributed by atoms with Crippen LogP contribution in [0.15, 0.2) is 36.4 Å². The topological polar surface area (TPSA) is 61.9 Å². The summed E-state index contributed by atoms with van der Waals surface area (Å²) in [6.45, 7) is 5.69. The Labute approximate surface area is 175 Å². The monoisotopic (exact) mass is 421 g/mol. The zero-order valence-corrected chi connectivity index (χ0v) is 17.9. The molecule has 8 heteroatoms. The molecule has 0 aliphatic rings. The number of aryl methyl sites for hydroxylation is 1. The molecule has 0 fully saturated rings. The Balaban J connectivity index is 2.16. The van der Waals surface area contributed by atoms with Crippen molar-refractivity contribution in [2.45, 2.75) is 26.9 Å². The lowest BCUT2D eigenvalue weighted by Crippen LogP contribution is -2.47. The number of ether oxygens (including phenoxy) is 1. The zero-order valence-electron chi connectivity index (χ0n) is 17.1. The van der Waals surface area contributed by atoms with E-state index in [1.54, 1.807) is 35.5 Å². The molecule has 0 radical (unpaired) electrons. The van der Waals surface area contributed by atoms with Crippen LogP contribution < -0.4 is 5.32 Å². The number of carbonyl (C=O) groups excluding carboxylic acids is 2. The van der Waals surface area contributed by atoms with Crippen LogP contribution in [0, 0.1) is 12.7 Å². The molecule has 0 saturated carbocycles. The Kier molecular flexibility index (Phi) is 9.08. The molecule has 29 heavy (non-hydrogen) atoms. The highest BCUT2D eigenvalue weighted by Crippen LogP contribution is 2.19. The minimum absolute atomic E-state index is 0.0548. The van der Waals surface area contributed by atoms with Crippen molar-refractivity contribution in [3.05, 3.63) is 57.5 Å². The van der Waals surface area contributed by atoms with Gasteiger partial charge in [0.15, 0.2) is 0 Å². The molecule has 0 unspecified atom stereocenters. The fraction of sp³-hybridized carbons (Fsp3) is 0.429. The van der Waals surface area contributed by atoms with Crippen LogP contribution in [0.25, 0.3) is 0 Å². The van der Waals surface area contributed by atoms with Crippen LogP contribution in [0.5, 0.6) is 0 Å². The molecule has 1 heterocycles. The van der Waals surface area contributed by atoms with E-state index in [-0.39, 0.29) is 24.3 Å². The molecule has 0 bridgehead atoms. The molecule has 3 amide bonds. The Morgan fingerprint density at radius 3 is 2.41 bits per heavy atom. The molecular formula is C21H28FN3O3S. The summed E-state index contributed by atoms with van der Waals surface area (Å²) in [6.07, 6.45) is 0. The Bertz CT molecular complexity index is 795. The first-order chi connectivity index (χ1) is 13.9. The van der Waals surface area contributed by atoms with Crippen molar-refractivity contribution in [3.8, 4) is 0 Å². The summed E-state index contributed by atoms with van der Waals surface area (Å²) in [7, 11) is 1.55. The maximum Gasteiger partial charge on any atom is 0.317 e. The van der Waals surface area contributed by atoms with Crippen molar-refractivity contribution in [1.29, 1.82) is 0 Å². The summed E-state index contributed by atoms with van der Waals surface area (Å²) >= 11 is 1.63. The first-order valence-corrected chi connectivity index (χ1v) is 10.3. The van der Waals surface area contributed by atoms with Crippen molar-refractivity contribution >= 4 is 23.3 Å². The predicted octanol–water partition coefficient (Wildman–Crippen LogP) is 3.40. The van der Waals surface area contributed by atoms with Gasteiger partial charge in [0.2, 0.25) is 5.91 Å². The molecule has 1 aromatic heterocycles. The van der Waals surface area contributed by atoms with Crippen molar-refractivity contribution < 1.29 is 18.7 Å². The van der Waals surface area contributed by atoms with Gasteiger partial charge in [-0.3, -0.25) is 4.79 Å². The molecule has 0 atom stereocenters. The molecule has 1 N–H and O–H groups in total. The fourth-order valence-corrected chi connectivity index (χ4v) is 3.69. The van der Waals surface area contributed by atoms with Crippen LogP contribution in [0.3, 0.4) is 0 Å². The number of benzene rings is 1. The Morgan fingerprint density at radius 2 is 1.83 bits per heavy atom. The summed E-state index contributed by atoms with van der Waals surface area (Å²) in [6, 6.07) is 9.81. The van der Waals surface area contributed by atoms with Crippen LogP contribution in [0.2, 0.25) is 0 Å². The van der Waals surface area contributed by atoms with Gasteiger partial charge in [-0.2, -0.15) is 0 Å². The van der Waals surface area contributed by atoms with Gasteiger partial charge in [0, 0.05) is 36.5 Å². The highest BCUT2D eigenvalue weighted by Gasteiger charge is 2.22. The first-order valence-electron chi connectivity index (χ1n) is 9.52. The first kappa shape index (κ1) is 22.8. The normalized spacial score (nSPS) is 10.6. The highest BCUT2D eigenvalue weighted by atomic mass is 32.1. The Morgan fingerprint density at radius 1 is 1.10 bits per heavy atom. The maximum atomic E-state index is 13.2.